The minimum atomic E-state index is -1.62. The number of hydrogen-bond acceptors (Lipinski definition) is 5. The van der Waals surface area contributed by atoms with E-state index in [-0.39, 0.29) is 6.54 Å². The van der Waals surface area contributed by atoms with Crippen molar-refractivity contribution in [1.29, 1.82) is 0 Å². The van der Waals surface area contributed by atoms with Gasteiger partial charge in [0.15, 0.2) is 6.10 Å². The molecule has 0 aliphatic carbocycles. The van der Waals surface area contributed by atoms with E-state index in [4.69, 9.17) is 10.2 Å². The maximum Gasteiger partial charge on any atom is 0.334 e. The van der Waals surface area contributed by atoms with Crippen LogP contribution in [-0.2, 0) is 4.79 Å². The molecule has 1 rings (SSSR count). The lowest BCUT2D eigenvalue weighted by Gasteiger charge is -2.09. The van der Waals surface area contributed by atoms with Crippen LogP contribution in [-0.4, -0.2) is 44.9 Å². The molecule has 0 aromatic carbocycles. The lowest BCUT2D eigenvalue weighted by molar-refractivity contribution is -0.146. The van der Waals surface area contributed by atoms with Crippen molar-refractivity contribution in [1.82, 2.24) is 15.5 Å². The summed E-state index contributed by atoms with van der Waals surface area (Å²) in [6.07, 6.45) is -1.62. The van der Waals surface area contributed by atoms with Crippen molar-refractivity contribution in [2.24, 2.45) is 0 Å². The van der Waals surface area contributed by atoms with Crippen LogP contribution in [0.3, 0.4) is 0 Å². The van der Waals surface area contributed by atoms with Gasteiger partial charge in [0.05, 0.1) is 23.5 Å². The Kier molecular flexibility index (Phi) is 4.11. The molecule has 0 aliphatic rings. The molecule has 1 aromatic heterocycles. The van der Waals surface area contributed by atoms with E-state index in [1.54, 1.807) is 19.9 Å². The number of aromatic nitrogens is 2. The molecule has 7 nitrogen and oxygen atoms in total. The Labute approximate surface area is 97.5 Å². The van der Waals surface area contributed by atoms with Gasteiger partial charge in [0.2, 0.25) is 0 Å². The molecule has 1 unspecified atom stereocenters. The van der Waals surface area contributed by atoms with Crippen LogP contribution in [0.15, 0.2) is 6.07 Å². The predicted octanol–water partition coefficient (Wildman–Crippen LogP) is -0.731. The highest BCUT2D eigenvalue weighted by Crippen LogP contribution is 2.04. The molecular formula is C10H13N3O4. The van der Waals surface area contributed by atoms with Crippen LogP contribution >= 0.6 is 0 Å². The molecule has 1 atom stereocenters. The molecule has 1 aromatic rings. The molecule has 92 valence electrons. The summed E-state index contributed by atoms with van der Waals surface area (Å²) in [5, 5.41) is 27.3. The summed E-state index contributed by atoms with van der Waals surface area (Å²) in [7, 11) is 0. The summed E-state index contributed by atoms with van der Waals surface area (Å²) < 4.78 is 0. The monoisotopic (exact) mass is 239 g/mol. The average molecular weight is 239 g/mol. The third kappa shape index (κ3) is 3.49. The molecule has 0 fully saturated rings. The van der Waals surface area contributed by atoms with Crippen LogP contribution in [0, 0.1) is 13.8 Å². The van der Waals surface area contributed by atoms with Gasteiger partial charge in [0.25, 0.3) is 5.91 Å². The van der Waals surface area contributed by atoms with Gasteiger partial charge in [-0.25, -0.2) is 4.79 Å². The molecule has 0 saturated carbocycles. The van der Waals surface area contributed by atoms with Gasteiger partial charge in [-0.15, -0.1) is 0 Å². The maximum absolute atomic E-state index is 11.7. The number of amides is 1. The van der Waals surface area contributed by atoms with Crippen LogP contribution in [0.2, 0.25) is 0 Å². The van der Waals surface area contributed by atoms with E-state index in [0.29, 0.717) is 17.0 Å². The molecule has 3 N–H and O–H groups in total. The highest BCUT2D eigenvalue weighted by Gasteiger charge is 2.16. The predicted molar refractivity (Wildman–Crippen MR) is 57.5 cm³/mol. The van der Waals surface area contributed by atoms with Gasteiger partial charge in [0, 0.05) is 0 Å². The van der Waals surface area contributed by atoms with Gasteiger partial charge in [-0.1, -0.05) is 0 Å². The van der Waals surface area contributed by atoms with E-state index in [9.17, 15) is 9.59 Å². The second-order valence-electron chi connectivity index (χ2n) is 3.55. The second kappa shape index (κ2) is 5.35. The molecular weight excluding hydrogens is 226 g/mol. The lowest BCUT2D eigenvalue weighted by atomic mass is 10.2. The maximum atomic E-state index is 11.7. The Bertz CT molecular complexity index is 447. The summed E-state index contributed by atoms with van der Waals surface area (Å²) in [6.45, 7) is 2.96. The number of aliphatic hydroxyl groups is 1. The highest BCUT2D eigenvalue weighted by molar-refractivity contribution is 5.95. The zero-order valence-corrected chi connectivity index (χ0v) is 9.47. The van der Waals surface area contributed by atoms with E-state index >= 15 is 0 Å². The molecule has 1 heterocycles. The molecule has 0 bridgehead atoms. The van der Waals surface area contributed by atoms with Crippen molar-refractivity contribution in [3.05, 3.63) is 23.0 Å². The first-order chi connectivity index (χ1) is 7.91. The van der Waals surface area contributed by atoms with E-state index in [1.807, 2.05) is 0 Å². The van der Waals surface area contributed by atoms with Crippen LogP contribution in [0.1, 0.15) is 21.7 Å². The van der Waals surface area contributed by atoms with E-state index in [0.717, 1.165) is 0 Å². The standard InChI is InChI=1S/C10H13N3O4/c1-5-3-7(6(2)13-12-5)9(15)11-4-8(14)10(16)17/h3,8,14H,4H2,1-2H3,(H,11,15)(H,16,17). The normalized spacial score (nSPS) is 11.9. The summed E-state index contributed by atoms with van der Waals surface area (Å²) in [4.78, 5) is 22.0. The number of rotatable bonds is 4. The van der Waals surface area contributed by atoms with Crippen molar-refractivity contribution in [2.45, 2.75) is 20.0 Å². The van der Waals surface area contributed by atoms with Crippen LogP contribution in [0.5, 0.6) is 0 Å². The first-order valence-electron chi connectivity index (χ1n) is 4.92. The topological polar surface area (TPSA) is 112 Å². The molecule has 1 amide bonds. The number of aliphatic carboxylic acids is 1. The lowest BCUT2D eigenvalue weighted by Crippen LogP contribution is -2.36. The Morgan fingerprint density at radius 1 is 1.41 bits per heavy atom. The number of carboxylic acids is 1. The largest absolute Gasteiger partial charge is 0.479 e. The quantitative estimate of drug-likeness (QED) is 0.638. The number of aryl methyl sites for hydroxylation is 2. The number of carbonyl (C=O) groups excluding carboxylic acids is 1. The van der Waals surface area contributed by atoms with Gasteiger partial charge in [-0.2, -0.15) is 10.2 Å². The van der Waals surface area contributed by atoms with Gasteiger partial charge in [-0.3, -0.25) is 4.79 Å². The number of carboxylic acid groups (broad SMARTS) is 1. The van der Waals surface area contributed by atoms with Crippen LogP contribution < -0.4 is 5.32 Å². The molecule has 0 radical (unpaired) electrons. The number of aliphatic hydroxyl groups excluding tert-OH is 1. The number of nitrogens with one attached hydrogen (secondary N) is 1. The van der Waals surface area contributed by atoms with Crippen molar-refractivity contribution in [3.8, 4) is 0 Å². The molecule has 7 heteroatoms. The third-order valence-electron chi connectivity index (χ3n) is 2.09. The van der Waals surface area contributed by atoms with E-state index in [2.05, 4.69) is 15.5 Å². The molecule has 0 spiro atoms. The van der Waals surface area contributed by atoms with Crippen LogP contribution in [0.25, 0.3) is 0 Å². The first kappa shape index (κ1) is 13.0. The van der Waals surface area contributed by atoms with Gasteiger partial charge in [-0.05, 0) is 19.9 Å². The fraction of sp³-hybridized carbons (Fsp3) is 0.400. The van der Waals surface area contributed by atoms with Crippen molar-refractivity contribution < 1.29 is 19.8 Å². The second-order valence-corrected chi connectivity index (χ2v) is 3.55. The fourth-order valence-electron chi connectivity index (χ4n) is 1.15. The zero-order valence-electron chi connectivity index (χ0n) is 9.47. The first-order valence-corrected chi connectivity index (χ1v) is 4.92. The Morgan fingerprint density at radius 2 is 2.06 bits per heavy atom. The molecule has 0 saturated heterocycles. The summed E-state index contributed by atoms with van der Waals surface area (Å²) >= 11 is 0. The highest BCUT2D eigenvalue weighted by atomic mass is 16.4. The average Bonchev–Trinajstić information content (AvgIpc) is 2.28. The third-order valence-corrected chi connectivity index (χ3v) is 2.09. The van der Waals surface area contributed by atoms with E-state index < -0.39 is 18.0 Å². The SMILES string of the molecule is Cc1cc(C(=O)NCC(O)C(=O)O)c(C)nn1. The Hall–Kier alpha value is -2.02. The Balaban J connectivity index is 2.70. The van der Waals surface area contributed by atoms with Gasteiger partial charge in [0.1, 0.15) is 0 Å². The fourth-order valence-corrected chi connectivity index (χ4v) is 1.15. The van der Waals surface area contributed by atoms with Gasteiger partial charge < -0.3 is 15.5 Å². The Morgan fingerprint density at radius 3 is 2.65 bits per heavy atom. The minimum absolute atomic E-state index is 0.315. The van der Waals surface area contributed by atoms with Gasteiger partial charge >= 0.3 is 5.97 Å². The number of hydrogen-bond donors (Lipinski definition) is 3. The van der Waals surface area contributed by atoms with Crippen molar-refractivity contribution in [2.75, 3.05) is 6.54 Å². The molecule has 0 aliphatic heterocycles. The smallest absolute Gasteiger partial charge is 0.334 e. The van der Waals surface area contributed by atoms with Crippen LogP contribution in [0.4, 0.5) is 0 Å². The van der Waals surface area contributed by atoms with Crippen molar-refractivity contribution >= 4 is 11.9 Å². The number of carbonyl (C=O) groups is 2. The summed E-state index contributed by atoms with van der Waals surface area (Å²) in [5.41, 5.74) is 1.34. The summed E-state index contributed by atoms with van der Waals surface area (Å²) in [5.74, 6) is -1.87. The minimum Gasteiger partial charge on any atom is -0.479 e. The van der Waals surface area contributed by atoms with E-state index in [1.165, 1.54) is 0 Å². The molecule has 17 heavy (non-hydrogen) atoms. The zero-order chi connectivity index (χ0) is 13.0. The van der Waals surface area contributed by atoms with Crippen molar-refractivity contribution in [3.63, 3.8) is 0 Å². The number of nitrogens with zero attached hydrogens (tertiary/aromatic N) is 2. The summed E-state index contributed by atoms with van der Waals surface area (Å²) in [6, 6.07) is 1.55.